The highest BCUT2D eigenvalue weighted by molar-refractivity contribution is 5.82. The van der Waals surface area contributed by atoms with Gasteiger partial charge in [-0.25, -0.2) is 9.18 Å². The van der Waals surface area contributed by atoms with Crippen LogP contribution in [-0.2, 0) is 0 Å². The summed E-state index contributed by atoms with van der Waals surface area (Å²) in [6.45, 7) is 5.08. The monoisotopic (exact) mass is 396 g/mol. The minimum Gasteiger partial charge on any atom is -0.493 e. The zero-order valence-electron chi connectivity index (χ0n) is 16.4. The number of nitrogens with zero attached hydrogens (tertiary/aromatic N) is 2. The first-order valence-electron chi connectivity index (χ1n) is 10.1. The topological polar surface area (TPSA) is 45.9 Å². The Hall–Kier alpha value is -2.86. The van der Waals surface area contributed by atoms with Gasteiger partial charge in [0, 0.05) is 26.2 Å². The van der Waals surface area contributed by atoms with Crippen LogP contribution in [0, 0.1) is 5.82 Å². The number of para-hydroxylation sites is 2. The largest absolute Gasteiger partial charge is 0.493 e. The summed E-state index contributed by atoms with van der Waals surface area (Å²) in [6.07, 6.45) is 1.92. The number of anilines is 1. The summed E-state index contributed by atoms with van der Waals surface area (Å²) in [4.78, 5) is 16.2. The Morgan fingerprint density at radius 3 is 2.55 bits per heavy atom. The fourth-order valence-electron chi connectivity index (χ4n) is 3.74. The number of unbranched alkanes of at least 4 members (excludes halogenated alkanes) is 1. The van der Waals surface area contributed by atoms with Crippen LogP contribution in [0.25, 0.3) is 11.0 Å². The fraction of sp³-hybridized carbons (Fsp3) is 0.348. The second kappa shape index (κ2) is 9.09. The van der Waals surface area contributed by atoms with Crippen molar-refractivity contribution >= 4 is 16.7 Å². The second-order valence-electron chi connectivity index (χ2n) is 7.26. The number of hydrogen-bond donors (Lipinski definition) is 0. The molecule has 0 N–H and O–H groups in total. The Labute approximate surface area is 169 Å². The molecule has 3 aromatic rings. The van der Waals surface area contributed by atoms with Crippen LogP contribution < -0.4 is 15.3 Å². The van der Waals surface area contributed by atoms with E-state index in [0.29, 0.717) is 23.6 Å². The molecule has 6 heteroatoms. The van der Waals surface area contributed by atoms with E-state index in [1.54, 1.807) is 12.1 Å². The van der Waals surface area contributed by atoms with Gasteiger partial charge in [-0.15, -0.1) is 0 Å². The molecule has 0 unspecified atom stereocenters. The Bertz CT molecular complexity index is 1010. The van der Waals surface area contributed by atoms with E-state index in [4.69, 9.17) is 9.15 Å². The average Bonchev–Trinajstić information content (AvgIpc) is 2.74. The lowest BCUT2D eigenvalue weighted by atomic mass is 10.2. The van der Waals surface area contributed by atoms with Gasteiger partial charge >= 0.3 is 5.63 Å². The number of hydrogen-bond acceptors (Lipinski definition) is 5. The molecule has 0 atom stereocenters. The normalized spacial score (nSPS) is 15.0. The smallest absolute Gasteiger partial charge is 0.339 e. The van der Waals surface area contributed by atoms with E-state index >= 15 is 0 Å². The lowest BCUT2D eigenvalue weighted by molar-refractivity contribution is 0.238. The molecule has 2 heterocycles. The molecule has 152 valence electrons. The molecular formula is C23H25FN2O3. The predicted molar refractivity (Wildman–Crippen MR) is 112 cm³/mol. The van der Waals surface area contributed by atoms with Crippen molar-refractivity contribution < 1.29 is 13.5 Å². The van der Waals surface area contributed by atoms with Crippen molar-refractivity contribution in [2.45, 2.75) is 12.8 Å². The van der Waals surface area contributed by atoms with Crippen molar-refractivity contribution in [3.63, 3.8) is 0 Å². The zero-order chi connectivity index (χ0) is 20.1. The number of piperazine rings is 1. The highest BCUT2D eigenvalue weighted by Gasteiger charge is 2.18. The van der Waals surface area contributed by atoms with Crippen LogP contribution in [-0.4, -0.2) is 44.2 Å². The van der Waals surface area contributed by atoms with Gasteiger partial charge < -0.3 is 14.1 Å². The van der Waals surface area contributed by atoms with Gasteiger partial charge in [-0.2, -0.15) is 0 Å². The molecule has 0 radical (unpaired) electrons. The van der Waals surface area contributed by atoms with Crippen molar-refractivity contribution in [2.75, 3.05) is 44.2 Å². The molecule has 0 spiro atoms. The molecule has 0 aliphatic carbocycles. The van der Waals surface area contributed by atoms with E-state index in [2.05, 4.69) is 9.80 Å². The lowest BCUT2D eigenvalue weighted by Crippen LogP contribution is -2.46. The average molecular weight is 396 g/mol. The number of rotatable bonds is 7. The fourth-order valence-corrected chi connectivity index (χ4v) is 3.74. The van der Waals surface area contributed by atoms with Crippen molar-refractivity contribution in [2.24, 2.45) is 0 Å². The highest BCUT2D eigenvalue weighted by Crippen LogP contribution is 2.23. The summed E-state index contributed by atoms with van der Waals surface area (Å²) in [5, 5.41) is 0.816. The van der Waals surface area contributed by atoms with Crippen molar-refractivity contribution in [3.05, 3.63) is 70.8 Å². The molecule has 1 fully saturated rings. The third kappa shape index (κ3) is 4.77. The Balaban J connectivity index is 1.20. The molecule has 2 aromatic carbocycles. The van der Waals surface area contributed by atoms with Gasteiger partial charge in [-0.3, -0.25) is 4.90 Å². The molecule has 4 rings (SSSR count). The maximum absolute atomic E-state index is 13.9. The Morgan fingerprint density at radius 2 is 1.72 bits per heavy atom. The van der Waals surface area contributed by atoms with E-state index < -0.39 is 5.63 Å². The van der Waals surface area contributed by atoms with Crippen LogP contribution in [0.4, 0.5) is 10.1 Å². The number of halogens is 1. The lowest BCUT2D eigenvalue weighted by Gasteiger charge is -2.36. The summed E-state index contributed by atoms with van der Waals surface area (Å²) in [6, 6.07) is 15.8. The number of benzene rings is 2. The number of fused-ring (bicyclic) bond motifs is 1. The summed E-state index contributed by atoms with van der Waals surface area (Å²) >= 11 is 0. The first-order valence-corrected chi connectivity index (χ1v) is 10.1. The molecular weight excluding hydrogens is 371 g/mol. The maximum atomic E-state index is 13.9. The molecule has 5 nitrogen and oxygen atoms in total. The SMILES string of the molecule is O=c1cc(OCCCCN2CCN(c3ccccc3F)CC2)c2ccccc2o1. The molecule has 1 aliphatic heterocycles. The van der Waals surface area contributed by atoms with Crippen LogP contribution in [0.1, 0.15) is 12.8 Å². The highest BCUT2D eigenvalue weighted by atomic mass is 19.1. The first-order chi connectivity index (χ1) is 14.2. The summed E-state index contributed by atoms with van der Waals surface area (Å²) < 4.78 is 25.0. The molecule has 0 amide bonds. The molecule has 1 aromatic heterocycles. The molecule has 29 heavy (non-hydrogen) atoms. The predicted octanol–water partition coefficient (Wildman–Crippen LogP) is 3.91. The summed E-state index contributed by atoms with van der Waals surface area (Å²) in [5.41, 5.74) is 0.842. The van der Waals surface area contributed by atoms with E-state index in [9.17, 15) is 9.18 Å². The first kappa shape index (κ1) is 19.5. The van der Waals surface area contributed by atoms with Crippen LogP contribution in [0.15, 0.2) is 63.8 Å². The van der Waals surface area contributed by atoms with Gasteiger partial charge in [0.1, 0.15) is 17.1 Å². The van der Waals surface area contributed by atoms with Crippen LogP contribution in [0.2, 0.25) is 0 Å². The van der Waals surface area contributed by atoms with E-state index in [1.165, 1.54) is 12.1 Å². The summed E-state index contributed by atoms with van der Waals surface area (Å²) in [7, 11) is 0. The van der Waals surface area contributed by atoms with Gasteiger partial charge in [0.2, 0.25) is 0 Å². The second-order valence-corrected chi connectivity index (χ2v) is 7.26. The third-order valence-corrected chi connectivity index (χ3v) is 5.30. The van der Waals surface area contributed by atoms with Crippen LogP contribution >= 0.6 is 0 Å². The molecule has 1 saturated heterocycles. The van der Waals surface area contributed by atoms with Crippen LogP contribution in [0.3, 0.4) is 0 Å². The summed E-state index contributed by atoms with van der Waals surface area (Å²) in [5.74, 6) is 0.427. The minimum absolute atomic E-state index is 0.152. The quantitative estimate of drug-likeness (QED) is 0.448. The van der Waals surface area contributed by atoms with E-state index in [1.807, 2.05) is 30.3 Å². The van der Waals surface area contributed by atoms with Gasteiger partial charge in [-0.1, -0.05) is 24.3 Å². The Morgan fingerprint density at radius 1 is 0.966 bits per heavy atom. The van der Waals surface area contributed by atoms with Gasteiger partial charge in [0.15, 0.2) is 0 Å². The standard InChI is InChI=1S/C23H25FN2O3/c24-19-8-2-3-9-20(19)26-14-12-25(13-15-26)11-5-6-16-28-22-17-23(27)29-21-10-4-1-7-18(21)22/h1-4,7-10,17H,5-6,11-16H2. The maximum Gasteiger partial charge on any atom is 0.339 e. The molecule has 0 saturated carbocycles. The minimum atomic E-state index is -0.397. The zero-order valence-corrected chi connectivity index (χ0v) is 16.4. The molecule has 1 aliphatic rings. The number of ether oxygens (including phenoxy) is 1. The van der Waals surface area contributed by atoms with Gasteiger partial charge in [0.05, 0.1) is 23.7 Å². The van der Waals surface area contributed by atoms with Crippen LogP contribution in [0.5, 0.6) is 5.75 Å². The van der Waals surface area contributed by atoms with E-state index in [0.717, 1.165) is 51.0 Å². The third-order valence-electron chi connectivity index (χ3n) is 5.30. The Kier molecular flexibility index (Phi) is 6.10. The van der Waals surface area contributed by atoms with Gasteiger partial charge in [0.25, 0.3) is 0 Å². The molecule has 0 bridgehead atoms. The van der Waals surface area contributed by atoms with Crippen molar-refractivity contribution in [1.82, 2.24) is 4.90 Å². The van der Waals surface area contributed by atoms with Gasteiger partial charge in [-0.05, 0) is 43.7 Å². The van der Waals surface area contributed by atoms with E-state index in [-0.39, 0.29) is 5.82 Å². The van der Waals surface area contributed by atoms with Crippen molar-refractivity contribution in [1.29, 1.82) is 0 Å². The van der Waals surface area contributed by atoms with Crippen molar-refractivity contribution in [3.8, 4) is 5.75 Å².